The van der Waals surface area contributed by atoms with Crippen LogP contribution in [-0.4, -0.2) is 16.1 Å². The normalized spacial score (nSPS) is 9.88. The van der Waals surface area contributed by atoms with E-state index in [1.165, 1.54) is 0 Å². The first-order chi connectivity index (χ1) is 8.11. The predicted molar refractivity (Wildman–Crippen MR) is 64.0 cm³/mol. The van der Waals surface area contributed by atoms with Crippen LogP contribution in [0, 0.1) is 18.3 Å². The Bertz CT molecular complexity index is 608. The molecule has 0 aliphatic carbocycles. The molecule has 2 rings (SSSR count). The lowest BCUT2D eigenvalue weighted by atomic mass is 10.2. The van der Waals surface area contributed by atoms with Gasteiger partial charge in [-0.1, -0.05) is 29.8 Å². The number of hydrogen-bond acceptors (Lipinski definition) is 4. The molecule has 0 spiro atoms. The molecule has 0 bridgehead atoms. The summed E-state index contributed by atoms with van der Waals surface area (Å²) in [5, 5.41) is 18.3. The van der Waals surface area contributed by atoms with Gasteiger partial charge in [-0.3, -0.25) is 0 Å². The van der Waals surface area contributed by atoms with Crippen molar-refractivity contribution in [2.45, 2.75) is 6.92 Å². The molecule has 0 radical (unpaired) electrons. The van der Waals surface area contributed by atoms with Crippen LogP contribution in [0.2, 0.25) is 0 Å². The fourth-order valence-corrected chi connectivity index (χ4v) is 2.22. The number of aromatic carboxylic acids is 1. The third-order valence-corrected chi connectivity index (χ3v) is 3.24. The lowest BCUT2D eigenvalue weighted by Gasteiger charge is -1.95. The quantitative estimate of drug-likeness (QED) is 0.881. The van der Waals surface area contributed by atoms with Crippen molar-refractivity contribution in [2.24, 2.45) is 0 Å². The van der Waals surface area contributed by atoms with Gasteiger partial charge in [0, 0.05) is 5.56 Å². The highest BCUT2D eigenvalue weighted by Crippen LogP contribution is 2.27. The van der Waals surface area contributed by atoms with E-state index in [9.17, 15) is 4.79 Å². The molecule has 0 saturated carbocycles. The van der Waals surface area contributed by atoms with E-state index in [4.69, 9.17) is 10.4 Å². The lowest BCUT2D eigenvalue weighted by Crippen LogP contribution is -1.98. The van der Waals surface area contributed by atoms with Crippen molar-refractivity contribution in [3.05, 3.63) is 40.4 Å². The number of hydrogen-bond donors (Lipinski definition) is 1. The minimum Gasteiger partial charge on any atom is -0.476 e. The summed E-state index contributed by atoms with van der Waals surface area (Å²) in [6.07, 6.45) is 0. The van der Waals surface area contributed by atoms with Gasteiger partial charge < -0.3 is 5.11 Å². The molecular formula is C12H8N2O2S. The summed E-state index contributed by atoms with van der Waals surface area (Å²) in [6.45, 7) is 1.97. The van der Waals surface area contributed by atoms with Crippen LogP contribution < -0.4 is 0 Å². The van der Waals surface area contributed by atoms with Crippen LogP contribution in [0.5, 0.6) is 0 Å². The molecule has 0 unspecified atom stereocenters. The smallest absolute Gasteiger partial charge is 0.356 e. The Balaban J connectivity index is 2.51. The van der Waals surface area contributed by atoms with Gasteiger partial charge in [0.1, 0.15) is 16.0 Å². The zero-order valence-corrected chi connectivity index (χ0v) is 9.78. The molecule has 5 heteroatoms. The van der Waals surface area contributed by atoms with Crippen LogP contribution >= 0.6 is 11.3 Å². The van der Waals surface area contributed by atoms with Gasteiger partial charge in [-0.15, -0.1) is 11.3 Å². The van der Waals surface area contributed by atoms with Crippen molar-refractivity contribution in [1.82, 2.24) is 4.98 Å². The molecule has 0 aliphatic rings. The van der Waals surface area contributed by atoms with E-state index in [2.05, 4.69) is 4.98 Å². The van der Waals surface area contributed by atoms with E-state index < -0.39 is 5.97 Å². The highest BCUT2D eigenvalue weighted by molar-refractivity contribution is 7.15. The van der Waals surface area contributed by atoms with E-state index in [-0.39, 0.29) is 10.6 Å². The molecule has 1 aromatic heterocycles. The Morgan fingerprint density at radius 1 is 1.41 bits per heavy atom. The second-order valence-corrected chi connectivity index (χ2v) is 4.48. The Kier molecular flexibility index (Phi) is 2.90. The van der Waals surface area contributed by atoms with Crippen LogP contribution in [0.15, 0.2) is 24.3 Å². The Labute approximate surface area is 102 Å². The maximum Gasteiger partial charge on any atom is 0.356 e. The number of nitriles is 1. The van der Waals surface area contributed by atoms with Gasteiger partial charge in [-0.05, 0) is 6.92 Å². The van der Waals surface area contributed by atoms with E-state index in [0.29, 0.717) is 5.01 Å². The molecule has 0 fully saturated rings. The van der Waals surface area contributed by atoms with E-state index >= 15 is 0 Å². The SMILES string of the molecule is Cc1ccc(-c2nc(C(=O)O)c(C#N)s2)cc1. The number of carboxylic acid groups (broad SMARTS) is 1. The van der Waals surface area contributed by atoms with Gasteiger partial charge in [0.15, 0.2) is 5.69 Å². The number of carboxylic acids is 1. The summed E-state index contributed by atoms with van der Waals surface area (Å²) < 4.78 is 0. The number of carbonyl (C=O) groups is 1. The van der Waals surface area contributed by atoms with Gasteiger partial charge >= 0.3 is 5.97 Å². The lowest BCUT2D eigenvalue weighted by molar-refractivity contribution is 0.0691. The fourth-order valence-electron chi connectivity index (χ4n) is 1.36. The number of nitrogens with zero attached hydrogens (tertiary/aromatic N) is 2. The molecule has 2 aromatic rings. The summed E-state index contributed by atoms with van der Waals surface area (Å²) in [4.78, 5) is 15.0. The van der Waals surface area contributed by atoms with Crippen LogP contribution in [0.25, 0.3) is 10.6 Å². The van der Waals surface area contributed by atoms with Crippen molar-refractivity contribution < 1.29 is 9.90 Å². The minimum absolute atomic E-state index is 0.132. The topological polar surface area (TPSA) is 74.0 Å². The molecule has 0 saturated heterocycles. The van der Waals surface area contributed by atoms with Gasteiger partial charge in [0.25, 0.3) is 0 Å². The zero-order chi connectivity index (χ0) is 12.4. The van der Waals surface area contributed by atoms with Crippen LogP contribution in [0.4, 0.5) is 0 Å². The molecule has 17 heavy (non-hydrogen) atoms. The van der Waals surface area contributed by atoms with Crippen molar-refractivity contribution in [3.8, 4) is 16.6 Å². The highest BCUT2D eigenvalue weighted by atomic mass is 32.1. The first kappa shape index (κ1) is 11.3. The van der Waals surface area contributed by atoms with Gasteiger partial charge in [0.05, 0.1) is 0 Å². The number of rotatable bonds is 2. The monoisotopic (exact) mass is 244 g/mol. The predicted octanol–water partition coefficient (Wildman–Crippen LogP) is 2.69. The maximum atomic E-state index is 10.9. The molecule has 0 aliphatic heterocycles. The van der Waals surface area contributed by atoms with Crippen molar-refractivity contribution >= 4 is 17.3 Å². The van der Waals surface area contributed by atoms with Crippen LogP contribution in [0.3, 0.4) is 0 Å². The van der Waals surface area contributed by atoms with Gasteiger partial charge in [0.2, 0.25) is 0 Å². The Hall–Kier alpha value is -2.19. The molecular weight excluding hydrogens is 236 g/mol. The average Bonchev–Trinajstić information content (AvgIpc) is 2.74. The summed E-state index contributed by atoms with van der Waals surface area (Å²) in [7, 11) is 0. The minimum atomic E-state index is -1.17. The number of aryl methyl sites for hydroxylation is 1. The average molecular weight is 244 g/mol. The van der Waals surface area contributed by atoms with Crippen molar-refractivity contribution in [1.29, 1.82) is 5.26 Å². The zero-order valence-electron chi connectivity index (χ0n) is 8.97. The Morgan fingerprint density at radius 2 is 2.06 bits per heavy atom. The molecule has 1 aromatic carbocycles. The molecule has 84 valence electrons. The summed E-state index contributed by atoms with van der Waals surface area (Å²) in [5.41, 5.74) is 1.77. The molecule has 0 atom stereocenters. The number of thiazole rings is 1. The van der Waals surface area contributed by atoms with Gasteiger partial charge in [-0.2, -0.15) is 5.26 Å². The Morgan fingerprint density at radius 3 is 2.53 bits per heavy atom. The summed E-state index contributed by atoms with van der Waals surface area (Å²) in [5.74, 6) is -1.17. The third-order valence-electron chi connectivity index (χ3n) is 2.23. The second-order valence-electron chi connectivity index (χ2n) is 3.48. The van der Waals surface area contributed by atoms with E-state index in [0.717, 1.165) is 22.5 Å². The molecule has 1 heterocycles. The highest BCUT2D eigenvalue weighted by Gasteiger charge is 2.17. The van der Waals surface area contributed by atoms with E-state index in [1.807, 2.05) is 37.3 Å². The summed E-state index contributed by atoms with van der Waals surface area (Å²) >= 11 is 1.09. The van der Waals surface area contributed by atoms with Crippen LogP contribution in [0.1, 0.15) is 20.9 Å². The molecule has 1 N–H and O–H groups in total. The van der Waals surface area contributed by atoms with Crippen molar-refractivity contribution in [2.75, 3.05) is 0 Å². The number of aromatic nitrogens is 1. The van der Waals surface area contributed by atoms with Crippen molar-refractivity contribution in [3.63, 3.8) is 0 Å². The largest absolute Gasteiger partial charge is 0.476 e. The fraction of sp³-hybridized carbons (Fsp3) is 0.0833. The second kappa shape index (κ2) is 4.36. The first-order valence-electron chi connectivity index (χ1n) is 4.83. The molecule has 0 amide bonds. The van der Waals surface area contributed by atoms with Gasteiger partial charge in [-0.25, -0.2) is 9.78 Å². The third kappa shape index (κ3) is 2.17. The van der Waals surface area contributed by atoms with Crippen LogP contribution in [-0.2, 0) is 0 Å². The summed E-state index contributed by atoms with van der Waals surface area (Å²) in [6, 6.07) is 9.42. The number of benzene rings is 1. The standard InChI is InChI=1S/C12H8N2O2S/c1-7-2-4-8(5-3-7)11-14-10(12(15)16)9(6-13)17-11/h2-5H,1H3,(H,15,16). The molecule has 4 nitrogen and oxygen atoms in total. The first-order valence-corrected chi connectivity index (χ1v) is 5.64. The maximum absolute atomic E-state index is 10.9. The van der Waals surface area contributed by atoms with E-state index in [1.54, 1.807) is 0 Å².